The molecular weight excluding hydrogens is 331 g/mol. The van der Waals surface area contributed by atoms with Crippen molar-refractivity contribution in [3.05, 3.63) is 59.9 Å². The van der Waals surface area contributed by atoms with E-state index in [1.54, 1.807) is 24.3 Å². The van der Waals surface area contributed by atoms with Crippen LogP contribution in [0.25, 0.3) is 0 Å². The van der Waals surface area contributed by atoms with Crippen LogP contribution in [0.5, 0.6) is 0 Å². The Balaban J connectivity index is 2.04. The standard InChI is InChI=1S/C17H13FN2O3S/c18-12-3-1-11(2-4-12)15(17(22)23)9-16(21)20-13-5-7-14(8-6-13)24-10-19/h1-8,15H,9H2,(H,20,21)(H,22,23)/t15-/m1/s1. The van der Waals surface area contributed by atoms with E-state index in [1.165, 1.54) is 12.1 Å². The van der Waals surface area contributed by atoms with Crippen molar-refractivity contribution in [2.75, 3.05) is 5.32 Å². The van der Waals surface area contributed by atoms with Crippen molar-refractivity contribution in [1.82, 2.24) is 0 Å². The Kier molecular flexibility index (Phi) is 5.93. The Labute approximate surface area is 142 Å². The van der Waals surface area contributed by atoms with Gasteiger partial charge in [-0.25, -0.2) is 4.39 Å². The maximum atomic E-state index is 12.9. The molecule has 0 aromatic heterocycles. The van der Waals surface area contributed by atoms with Gasteiger partial charge in [-0.1, -0.05) is 12.1 Å². The number of nitrogens with one attached hydrogen (secondary N) is 1. The topological polar surface area (TPSA) is 90.2 Å². The third kappa shape index (κ3) is 4.83. The number of amides is 1. The van der Waals surface area contributed by atoms with Gasteiger partial charge in [0, 0.05) is 17.0 Å². The summed E-state index contributed by atoms with van der Waals surface area (Å²) in [5.41, 5.74) is 0.866. The molecule has 1 atom stereocenters. The van der Waals surface area contributed by atoms with Crippen LogP contribution >= 0.6 is 11.8 Å². The van der Waals surface area contributed by atoms with Gasteiger partial charge in [-0.05, 0) is 53.7 Å². The first-order valence-corrected chi connectivity index (χ1v) is 7.75. The highest BCUT2D eigenvalue weighted by molar-refractivity contribution is 8.03. The maximum Gasteiger partial charge on any atom is 0.311 e. The summed E-state index contributed by atoms with van der Waals surface area (Å²) < 4.78 is 12.9. The van der Waals surface area contributed by atoms with Gasteiger partial charge in [-0.2, -0.15) is 5.26 Å². The number of hydrogen-bond donors (Lipinski definition) is 2. The monoisotopic (exact) mass is 344 g/mol. The number of carbonyl (C=O) groups excluding carboxylic acids is 1. The molecule has 122 valence electrons. The third-order valence-electron chi connectivity index (χ3n) is 3.26. The summed E-state index contributed by atoms with van der Waals surface area (Å²) in [5.74, 6) is -3.15. The molecule has 24 heavy (non-hydrogen) atoms. The molecule has 7 heteroatoms. The minimum atomic E-state index is -1.16. The van der Waals surface area contributed by atoms with Crippen LogP contribution in [0.15, 0.2) is 53.4 Å². The fourth-order valence-electron chi connectivity index (χ4n) is 2.10. The van der Waals surface area contributed by atoms with Gasteiger partial charge in [0.15, 0.2) is 0 Å². The van der Waals surface area contributed by atoms with Gasteiger partial charge >= 0.3 is 5.97 Å². The fourth-order valence-corrected chi connectivity index (χ4v) is 2.48. The maximum absolute atomic E-state index is 12.9. The molecule has 0 bridgehead atoms. The van der Waals surface area contributed by atoms with Crippen LogP contribution in [0.3, 0.4) is 0 Å². The lowest BCUT2D eigenvalue weighted by Crippen LogP contribution is -2.20. The van der Waals surface area contributed by atoms with Crippen molar-refractivity contribution in [1.29, 1.82) is 5.26 Å². The van der Waals surface area contributed by atoms with Gasteiger partial charge in [0.1, 0.15) is 11.2 Å². The number of carboxylic acid groups (broad SMARTS) is 1. The molecule has 0 aliphatic carbocycles. The molecule has 5 nitrogen and oxygen atoms in total. The molecule has 0 fully saturated rings. The summed E-state index contributed by atoms with van der Waals surface area (Å²) in [4.78, 5) is 24.2. The number of rotatable bonds is 6. The summed E-state index contributed by atoms with van der Waals surface area (Å²) in [6.07, 6.45) is -0.268. The molecule has 0 spiro atoms. The molecule has 0 aliphatic rings. The first kappa shape index (κ1) is 17.5. The van der Waals surface area contributed by atoms with Gasteiger partial charge in [0.25, 0.3) is 0 Å². The Morgan fingerprint density at radius 1 is 1.17 bits per heavy atom. The van der Waals surface area contributed by atoms with Crippen molar-refractivity contribution >= 4 is 29.3 Å². The van der Waals surface area contributed by atoms with E-state index in [0.29, 0.717) is 11.3 Å². The van der Waals surface area contributed by atoms with Gasteiger partial charge in [0.05, 0.1) is 5.92 Å². The Morgan fingerprint density at radius 2 is 1.79 bits per heavy atom. The van der Waals surface area contributed by atoms with Crippen molar-refractivity contribution in [2.24, 2.45) is 0 Å². The van der Waals surface area contributed by atoms with E-state index < -0.39 is 23.6 Å². The Morgan fingerprint density at radius 3 is 2.33 bits per heavy atom. The SMILES string of the molecule is N#CSc1ccc(NC(=O)C[C@@H](C(=O)O)c2ccc(F)cc2)cc1. The molecule has 2 aromatic rings. The number of thiocyanates is 1. The average molecular weight is 344 g/mol. The minimum Gasteiger partial charge on any atom is -0.481 e. The molecule has 0 unspecified atom stereocenters. The van der Waals surface area contributed by atoms with E-state index in [2.05, 4.69) is 5.32 Å². The molecule has 0 aliphatic heterocycles. The second kappa shape index (κ2) is 8.13. The predicted molar refractivity (Wildman–Crippen MR) is 87.9 cm³/mol. The lowest BCUT2D eigenvalue weighted by Gasteiger charge is -2.13. The van der Waals surface area contributed by atoms with Crippen LogP contribution < -0.4 is 5.32 Å². The number of nitrogens with zero attached hydrogens (tertiary/aromatic N) is 1. The zero-order chi connectivity index (χ0) is 17.5. The highest BCUT2D eigenvalue weighted by Crippen LogP contribution is 2.23. The summed E-state index contributed by atoms with van der Waals surface area (Å²) in [6, 6.07) is 11.7. The number of halogens is 1. The van der Waals surface area contributed by atoms with Crippen molar-refractivity contribution in [3.8, 4) is 5.40 Å². The minimum absolute atomic E-state index is 0.268. The molecule has 0 radical (unpaired) electrons. The molecule has 2 N–H and O–H groups in total. The molecule has 1 amide bonds. The smallest absolute Gasteiger partial charge is 0.311 e. The molecule has 0 saturated heterocycles. The quantitative estimate of drug-likeness (QED) is 0.617. The van der Waals surface area contributed by atoms with E-state index >= 15 is 0 Å². The summed E-state index contributed by atoms with van der Waals surface area (Å²) in [5, 5.41) is 22.4. The van der Waals surface area contributed by atoms with Gasteiger partial charge in [-0.3, -0.25) is 9.59 Å². The lowest BCUT2D eigenvalue weighted by atomic mass is 9.95. The number of nitriles is 1. The summed E-state index contributed by atoms with van der Waals surface area (Å²) in [6.45, 7) is 0. The largest absolute Gasteiger partial charge is 0.481 e. The highest BCUT2D eigenvalue weighted by atomic mass is 32.2. The number of anilines is 1. The lowest BCUT2D eigenvalue weighted by molar-refractivity contribution is -0.140. The third-order valence-corrected chi connectivity index (χ3v) is 3.86. The highest BCUT2D eigenvalue weighted by Gasteiger charge is 2.23. The average Bonchev–Trinajstić information content (AvgIpc) is 2.55. The van der Waals surface area contributed by atoms with E-state index in [9.17, 15) is 19.1 Å². The molecule has 2 rings (SSSR count). The van der Waals surface area contributed by atoms with Crippen molar-refractivity contribution in [2.45, 2.75) is 17.2 Å². The zero-order valence-electron chi connectivity index (χ0n) is 12.4. The van der Waals surface area contributed by atoms with E-state index in [-0.39, 0.29) is 6.42 Å². The number of benzene rings is 2. The van der Waals surface area contributed by atoms with Crippen LogP contribution in [0.2, 0.25) is 0 Å². The Bertz CT molecular complexity index is 770. The fraction of sp³-hybridized carbons (Fsp3) is 0.118. The molecular formula is C17H13FN2O3S. The van der Waals surface area contributed by atoms with E-state index in [0.717, 1.165) is 28.8 Å². The van der Waals surface area contributed by atoms with Crippen LogP contribution in [0.1, 0.15) is 17.9 Å². The first-order valence-electron chi connectivity index (χ1n) is 6.93. The number of hydrogen-bond acceptors (Lipinski definition) is 4. The number of carboxylic acids is 1. The van der Waals surface area contributed by atoms with Gasteiger partial charge < -0.3 is 10.4 Å². The van der Waals surface area contributed by atoms with Crippen LogP contribution in [0.4, 0.5) is 10.1 Å². The number of thioether (sulfide) groups is 1. The van der Waals surface area contributed by atoms with Crippen molar-refractivity contribution < 1.29 is 19.1 Å². The van der Waals surface area contributed by atoms with Crippen LogP contribution in [0, 0.1) is 16.5 Å². The Hall–Kier alpha value is -2.85. The van der Waals surface area contributed by atoms with E-state index in [4.69, 9.17) is 5.26 Å². The van der Waals surface area contributed by atoms with E-state index in [1.807, 2.05) is 5.40 Å². The van der Waals surface area contributed by atoms with Gasteiger partial charge in [0.2, 0.25) is 5.91 Å². The second-order valence-corrected chi connectivity index (χ2v) is 5.77. The van der Waals surface area contributed by atoms with Gasteiger partial charge in [-0.15, -0.1) is 0 Å². The first-order chi connectivity index (χ1) is 11.5. The second-order valence-electron chi connectivity index (χ2n) is 4.91. The summed E-state index contributed by atoms with van der Waals surface area (Å²) >= 11 is 1.00. The molecule has 2 aromatic carbocycles. The number of carbonyl (C=O) groups is 2. The normalized spacial score (nSPS) is 11.3. The zero-order valence-corrected chi connectivity index (χ0v) is 13.2. The predicted octanol–water partition coefficient (Wildman–Crippen LogP) is 3.60. The van der Waals surface area contributed by atoms with Crippen LogP contribution in [-0.2, 0) is 9.59 Å². The summed E-state index contributed by atoms with van der Waals surface area (Å²) in [7, 11) is 0. The molecule has 0 saturated carbocycles. The van der Waals surface area contributed by atoms with Crippen LogP contribution in [-0.4, -0.2) is 17.0 Å². The van der Waals surface area contributed by atoms with Crippen molar-refractivity contribution in [3.63, 3.8) is 0 Å². The number of aliphatic carboxylic acids is 1. The molecule has 0 heterocycles.